The summed E-state index contributed by atoms with van der Waals surface area (Å²) in [5.41, 5.74) is 0.509. The molecule has 0 aromatic heterocycles. The average Bonchev–Trinajstić information content (AvgIpc) is 2.29. The summed E-state index contributed by atoms with van der Waals surface area (Å²) in [6, 6.07) is 6.29. The van der Waals surface area contributed by atoms with Crippen LogP contribution >= 0.6 is 0 Å². The minimum atomic E-state index is -1.19. The number of aliphatic carboxylic acids is 1. The van der Waals surface area contributed by atoms with Crippen LogP contribution in [0.3, 0.4) is 0 Å². The molecule has 17 heavy (non-hydrogen) atoms. The highest BCUT2D eigenvalue weighted by Crippen LogP contribution is 2.05. The molecule has 0 atom stereocenters. The fraction of sp³-hybridized carbons (Fsp3) is 0.167. The predicted octanol–water partition coefficient (Wildman–Crippen LogP) is 1.13. The van der Waals surface area contributed by atoms with Gasteiger partial charge >= 0.3 is 5.97 Å². The lowest BCUT2D eigenvalue weighted by Crippen LogP contribution is -2.24. The van der Waals surface area contributed by atoms with Gasteiger partial charge in [-0.3, -0.25) is 4.79 Å². The Labute approximate surface area is 97.8 Å². The molecule has 1 rings (SSSR count). The summed E-state index contributed by atoms with van der Waals surface area (Å²) in [5.74, 6) is -2.01. The van der Waals surface area contributed by atoms with Crippen molar-refractivity contribution in [2.45, 2.75) is 6.42 Å². The lowest BCUT2D eigenvalue weighted by Gasteiger charge is -2.03. The van der Waals surface area contributed by atoms with Crippen LogP contribution in [0.25, 0.3) is 0 Å². The van der Waals surface area contributed by atoms with E-state index in [2.05, 4.69) is 5.32 Å². The first-order valence-corrected chi connectivity index (χ1v) is 5.02. The highest BCUT2D eigenvalue weighted by molar-refractivity contribution is 5.93. The molecule has 0 saturated carbocycles. The summed E-state index contributed by atoms with van der Waals surface area (Å²) in [5, 5.41) is 10.7. The molecule has 2 N–H and O–H groups in total. The smallest absolute Gasteiger partial charge is 0.328 e. The van der Waals surface area contributed by atoms with E-state index < -0.39 is 11.9 Å². The molecule has 0 aliphatic carbocycles. The third-order valence-corrected chi connectivity index (χ3v) is 2.03. The van der Waals surface area contributed by atoms with Crippen molar-refractivity contribution in [1.29, 1.82) is 0 Å². The van der Waals surface area contributed by atoms with Gasteiger partial charge in [-0.15, -0.1) is 0 Å². The summed E-state index contributed by atoms with van der Waals surface area (Å²) in [6.07, 6.45) is 2.03. The SMILES string of the molecule is O=C(O)/C=C/C(=O)NCCc1ccccc1F. The minimum Gasteiger partial charge on any atom is -0.478 e. The molecule has 0 bridgehead atoms. The molecule has 90 valence electrons. The Morgan fingerprint density at radius 1 is 1.29 bits per heavy atom. The largest absolute Gasteiger partial charge is 0.478 e. The average molecular weight is 237 g/mol. The normalized spacial score (nSPS) is 10.4. The Bertz CT molecular complexity index is 443. The number of carboxylic acids is 1. The first-order chi connectivity index (χ1) is 8.09. The third-order valence-electron chi connectivity index (χ3n) is 2.03. The fourth-order valence-electron chi connectivity index (χ4n) is 1.23. The molecule has 0 aliphatic rings. The van der Waals surface area contributed by atoms with E-state index in [-0.39, 0.29) is 12.4 Å². The maximum Gasteiger partial charge on any atom is 0.328 e. The number of nitrogens with one attached hydrogen (secondary N) is 1. The molecule has 0 fully saturated rings. The molecule has 1 aromatic rings. The van der Waals surface area contributed by atoms with Crippen LogP contribution in [0, 0.1) is 5.82 Å². The monoisotopic (exact) mass is 237 g/mol. The molecule has 1 amide bonds. The lowest BCUT2D eigenvalue weighted by atomic mass is 10.1. The van der Waals surface area contributed by atoms with Gasteiger partial charge in [-0.25, -0.2) is 9.18 Å². The summed E-state index contributed by atoms with van der Waals surface area (Å²) in [4.78, 5) is 21.2. The van der Waals surface area contributed by atoms with Crippen molar-refractivity contribution in [3.8, 4) is 0 Å². The van der Waals surface area contributed by atoms with Crippen LogP contribution in [0.4, 0.5) is 4.39 Å². The zero-order valence-electron chi connectivity index (χ0n) is 9.02. The van der Waals surface area contributed by atoms with Crippen molar-refractivity contribution >= 4 is 11.9 Å². The standard InChI is InChI=1S/C12H12FNO3/c13-10-4-2-1-3-9(10)7-8-14-11(15)5-6-12(16)17/h1-6H,7-8H2,(H,14,15)(H,16,17)/b6-5+. The molecule has 4 nitrogen and oxygen atoms in total. The van der Waals surface area contributed by atoms with Crippen LogP contribution in [-0.4, -0.2) is 23.5 Å². The quantitative estimate of drug-likeness (QED) is 0.754. The van der Waals surface area contributed by atoms with Crippen molar-refractivity contribution in [2.75, 3.05) is 6.54 Å². The van der Waals surface area contributed by atoms with E-state index in [1.807, 2.05) is 0 Å². The number of rotatable bonds is 5. The summed E-state index contributed by atoms with van der Waals surface area (Å²) in [6.45, 7) is 0.254. The van der Waals surface area contributed by atoms with Crippen LogP contribution in [-0.2, 0) is 16.0 Å². The second kappa shape index (κ2) is 6.42. The van der Waals surface area contributed by atoms with Gasteiger partial charge in [-0.2, -0.15) is 0 Å². The van der Waals surface area contributed by atoms with Crippen molar-refractivity contribution in [3.05, 3.63) is 47.8 Å². The number of hydrogen-bond acceptors (Lipinski definition) is 2. The molecule has 1 aromatic carbocycles. The molecule has 0 unspecified atom stereocenters. The van der Waals surface area contributed by atoms with Gasteiger partial charge in [0.05, 0.1) is 0 Å². The van der Waals surface area contributed by atoms with E-state index in [4.69, 9.17) is 5.11 Å². The molecule has 0 heterocycles. The van der Waals surface area contributed by atoms with E-state index in [1.165, 1.54) is 6.07 Å². The summed E-state index contributed by atoms with van der Waals surface area (Å²) >= 11 is 0. The van der Waals surface area contributed by atoms with E-state index in [0.29, 0.717) is 12.0 Å². The lowest BCUT2D eigenvalue weighted by molar-refractivity contribution is -0.131. The van der Waals surface area contributed by atoms with Gasteiger partial charge < -0.3 is 10.4 Å². The first kappa shape index (κ1) is 12.9. The Morgan fingerprint density at radius 2 is 2.00 bits per heavy atom. The molecule has 5 heteroatoms. The molecular weight excluding hydrogens is 225 g/mol. The van der Waals surface area contributed by atoms with Crippen LogP contribution in [0.2, 0.25) is 0 Å². The van der Waals surface area contributed by atoms with Gasteiger partial charge in [-0.1, -0.05) is 18.2 Å². The van der Waals surface area contributed by atoms with Crippen LogP contribution < -0.4 is 5.32 Å². The van der Waals surface area contributed by atoms with Gasteiger partial charge in [0.2, 0.25) is 5.91 Å². The second-order valence-corrected chi connectivity index (χ2v) is 3.30. The number of carboxylic acid groups (broad SMARTS) is 1. The van der Waals surface area contributed by atoms with Crippen molar-refractivity contribution in [2.24, 2.45) is 0 Å². The second-order valence-electron chi connectivity index (χ2n) is 3.30. The molecule has 0 aliphatic heterocycles. The number of carbonyl (C=O) groups is 2. The van der Waals surface area contributed by atoms with Gasteiger partial charge in [0.1, 0.15) is 5.82 Å². The highest BCUT2D eigenvalue weighted by Gasteiger charge is 2.01. The number of halogens is 1. The third kappa shape index (κ3) is 4.92. The zero-order valence-corrected chi connectivity index (χ0v) is 9.02. The van der Waals surface area contributed by atoms with E-state index in [0.717, 1.165) is 12.2 Å². The van der Waals surface area contributed by atoms with Crippen LogP contribution in [0.5, 0.6) is 0 Å². The zero-order chi connectivity index (χ0) is 12.7. The Balaban J connectivity index is 2.36. The van der Waals surface area contributed by atoms with Gasteiger partial charge in [0.25, 0.3) is 0 Å². The topological polar surface area (TPSA) is 66.4 Å². The maximum absolute atomic E-state index is 13.2. The minimum absolute atomic E-state index is 0.254. The van der Waals surface area contributed by atoms with Crippen molar-refractivity contribution < 1.29 is 19.1 Å². The number of benzene rings is 1. The summed E-state index contributed by atoms with van der Waals surface area (Å²) < 4.78 is 13.2. The van der Waals surface area contributed by atoms with Crippen LogP contribution in [0.1, 0.15) is 5.56 Å². The van der Waals surface area contributed by atoms with Crippen LogP contribution in [0.15, 0.2) is 36.4 Å². The van der Waals surface area contributed by atoms with E-state index in [9.17, 15) is 14.0 Å². The number of carbonyl (C=O) groups excluding carboxylic acids is 1. The number of hydrogen-bond donors (Lipinski definition) is 2. The Morgan fingerprint density at radius 3 is 2.65 bits per heavy atom. The Kier molecular flexibility index (Phi) is 4.87. The molecule has 0 radical (unpaired) electrons. The van der Waals surface area contributed by atoms with Crippen molar-refractivity contribution in [3.63, 3.8) is 0 Å². The maximum atomic E-state index is 13.2. The highest BCUT2D eigenvalue weighted by atomic mass is 19.1. The predicted molar refractivity (Wildman–Crippen MR) is 59.9 cm³/mol. The molecule has 0 spiro atoms. The Hall–Kier alpha value is -2.17. The first-order valence-electron chi connectivity index (χ1n) is 5.02. The van der Waals surface area contributed by atoms with E-state index in [1.54, 1.807) is 18.2 Å². The number of amides is 1. The summed E-state index contributed by atoms with van der Waals surface area (Å²) in [7, 11) is 0. The van der Waals surface area contributed by atoms with Gasteiger partial charge in [-0.05, 0) is 18.1 Å². The van der Waals surface area contributed by atoms with Gasteiger partial charge in [0.15, 0.2) is 0 Å². The molecular formula is C12H12FNO3. The van der Waals surface area contributed by atoms with Crippen molar-refractivity contribution in [1.82, 2.24) is 5.32 Å². The van der Waals surface area contributed by atoms with Gasteiger partial charge in [0, 0.05) is 18.7 Å². The fourth-order valence-corrected chi connectivity index (χ4v) is 1.23. The molecule has 0 saturated heterocycles. The van der Waals surface area contributed by atoms with E-state index >= 15 is 0 Å².